The zero-order chi connectivity index (χ0) is 13.5. The minimum atomic E-state index is 0.517. The predicted octanol–water partition coefficient (Wildman–Crippen LogP) is 3.51. The molecule has 102 valence electrons. The summed E-state index contributed by atoms with van der Waals surface area (Å²) in [7, 11) is 0. The number of rotatable bonds is 7. The molecule has 0 fully saturated rings. The van der Waals surface area contributed by atoms with Gasteiger partial charge in [0.05, 0.1) is 5.52 Å². The Bertz CT molecular complexity index is 513. The molecular formula is C16H22N2S. The first-order chi connectivity index (χ1) is 9.33. The smallest absolute Gasteiger partial charge is 0.0705 e. The maximum absolute atomic E-state index is 4.76. The van der Waals surface area contributed by atoms with E-state index >= 15 is 0 Å². The lowest BCUT2D eigenvalue weighted by molar-refractivity contribution is 0.567. The lowest BCUT2D eigenvalue weighted by atomic mass is 10.1. The fourth-order valence-corrected chi connectivity index (χ4v) is 2.97. The highest BCUT2D eigenvalue weighted by Gasteiger charge is 2.09. The number of benzene rings is 1. The number of aromatic nitrogens is 1. The van der Waals surface area contributed by atoms with Crippen molar-refractivity contribution in [1.29, 1.82) is 0 Å². The van der Waals surface area contributed by atoms with Crippen LogP contribution in [0.1, 0.15) is 19.5 Å². The molecule has 0 aliphatic rings. The fraction of sp³-hybridized carbons (Fsp3) is 0.438. The van der Waals surface area contributed by atoms with Crippen molar-refractivity contribution in [3.63, 3.8) is 0 Å². The van der Waals surface area contributed by atoms with Gasteiger partial charge in [-0.25, -0.2) is 0 Å². The summed E-state index contributed by atoms with van der Waals surface area (Å²) >= 11 is 1.99. The van der Waals surface area contributed by atoms with Gasteiger partial charge in [0.25, 0.3) is 0 Å². The van der Waals surface area contributed by atoms with Crippen molar-refractivity contribution < 1.29 is 0 Å². The molecule has 0 amide bonds. The van der Waals surface area contributed by atoms with Gasteiger partial charge in [0, 0.05) is 29.3 Å². The monoisotopic (exact) mass is 274 g/mol. The molecule has 1 atom stereocenters. The molecule has 3 heteroatoms. The van der Waals surface area contributed by atoms with Crippen molar-refractivity contribution in [2.24, 2.45) is 0 Å². The van der Waals surface area contributed by atoms with Gasteiger partial charge in [-0.15, -0.1) is 0 Å². The van der Waals surface area contributed by atoms with Crippen molar-refractivity contribution in [3.8, 4) is 0 Å². The van der Waals surface area contributed by atoms with Crippen molar-refractivity contribution >= 4 is 22.7 Å². The third kappa shape index (κ3) is 4.22. The second-order valence-electron chi connectivity index (χ2n) is 4.61. The summed E-state index contributed by atoms with van der Waals surface area (Å²) in [4.78, 5) is 4.76. The van der Waals surface area contributed by atoms with Crippen LogP contribution < -0.4 is 5.32 Å². The van der Waals surface area contributed by atoms with Gasteiger partial charge in [0.15, 0.2) is 0 Å². The first-order valence-corrected chi connectivity index (χ1v) is 8.14. The van der Waals surface area contributed by atoms with Crippen LogP contribution in [0.4, 0.5) is 0 Å². The second kappa shape index (κ2) is 7.51. The van der Waals surface area contributed by atoms with Gasteiger partial charge in [-0.3, -0.25) is 4.98 Å². The number of para-hydroxylation sites is 1. The molecule has 1 aromatic carbocycles. The molecule has 0 aliphatic carbocycles. The van der Waals surface area contributed by atoms with E-state index in [4.69, 9.17) is 4.98 Å². The van der Waals surface area contributed by atoms with Crippen LogP contribution in [-0.4, -0.2) is 29.1 Å². The summed E-state index contributed by atoms with van der Waals surface area (Å²) in [6.07, 6.45) is 1.01. The molecule has 2 aromatic rings. The molecule has 1 N–H and O–H groups in total. The largest absolute Gasteiger partial charge is 0.313 e. The zero-order valence-electron chi connectivity index (χ0n) is 11.7. The molecule has 0 aliphatic heterocycles. The number of likely N-dealkylation sites (N-methyl/N-ethyl adjacent to an activating group) is 1. The highest BCUT2D eigenvalue weighted by Crippen LogP contribution is 2.14. The second-order valence-corrected chi connectivity index (χ2v) is 5.93. The SMILES string of the molecule is CCNC(CSCC)Cc1ccc2ccccc2n1. The van der Waals surface area contributed by atoms with E-state index in [2.05, 4.69) is 49.5 Å². The van der Waals surface area contributed by atoms with Crippen molar-refractivity contribution in [3.05, 3.63) is 42.1 Å². The van der Waals surface area contributed by atoms with Crippen LogP contribution in [0.25, 0.3) is 10.9 Å². The normalized spacial score (nSPS) is 12.7. The summed E-state index contributed by atoms with van der Waals surface area (Å²) in [6, 6.07) is 13.2. The van der Waals surface area contributed by atoms with Crippen LogP contribution in [0, 0.1) is 0 Å². The fourth-order valence-electron chi connectivity index (χ4n) is 2.21. The number of pyridine rings is 1. The number of nitrogens with one attached hydrogen (secondary N) is 1. The average Bonchev–Trinajstić information content (AvgIpc) is 2.45. The maximum Gasteiger partial charge on any atom is 0.0705 e. The summed E-state index contributed by atoms with van der Waals surface area (Å²) < 4.78 is 0. The zero-order valence-corrected chi connectivity index (χ0v) is 12.5. The Morgan fingerprint density at radius 1 is 1.16 bits per heavy atom. The molecule has 0 bridgehead atoms. The third-order valence-electron chi connectivity index (χ3n) is 3.13. The number of nitrogens with zero attached hydrogens (tertiary/aromatic N) is 1. The minimum Gasteiger partial charge on any atom is -0.313 e. The van der Waals surface area contributed by atoms with E-state index in [0.29, 0.717) is 6.04 Å². The summed E-state index contributed by atoms with van der Waals surface area (Å²) in [5.41, 5.74) is 2.28. The van der Waals surface area contributed by atoms with E-state index < -0.39 is 0 Å². The Morgan fingerprint density at radius 3 is 2.79 bits per heavy atom. The summed E-state index contributed by atoms with van der Waals surface area (Å²) in [5.74, 6) is 2.33. The quantitative estimate of drug-likeness (QED) is 0.836. The Hall–Kier alpha value is -1.06. The lowest BCUT2D eigenvalue weighted by Gasteiger charge is -2.17. The van der Waals surface area contributed by atoms with Gasteiger partial charge in [-0.2, -0.15) is 11.8 Å². The topological polar surface area (TPSA) is 24.9 Å². The molecule has 19 heavy (non-hydrogen) atoms. The maximum atomic E-state index is 4.76. The van der Waals surface area contributed by atoms with Crippen LogP contribution in [0.5, 0.6) is 0 Å². The van der Waals surface area contributed by atoms with Crippen LogP contribution in [0.2, 0.25) is 0 Å². The molecule has 0 spiro atoms. The van der Waals surface area contributed by atoms with Gasteiger partial charge >= 0.3 is 0 Å². The molecule has 0 radical (unpaired) electrons. The van der Waals surface area contributed by atoms with Gasteiger partial charge < -0.3 is 5.32 Å². The Morgan fingerprint density at radius 2 is 2.00 bits per heavy atom. The standard InChI is InChI=1S/C16H22N2S/c1-3-17-15(12-19-4-2)11-14-10-9-13-7-5-6-8-16(13)18-14/h5-10,15,17H,3-4,11-12H2,1-2H3. The molecule has 0 saturated carbocycles. The Kier molecular flexibility index (Phi) is 5.67. The first-order valence-electron chi connectivity index (χ1n) is 6.99. The predicted molar refractivity (Wildman–Crippen MR) is 85.9 cm³/mol. The summed E-state index contributed by atoms with van der Waals surface area (Å²) in [6.45, 7) is 5.39. The molecular weight excluding hydrogens is 252 g/mol. The van der Waals surface area contributed by atoms with Crippen molar-refractivity contribution in [2.75, 3.05) is 18.1 Å². The van der Waals surface area contributed by atoms with E-state index in [0.717, 1.165) is 24.2 Å². The molecule has 1 heterocycles. The third-order valence-corrected chi connectivity index (χ3v) is 4.17. The van der Waals surface area contributed by atoms with E-state index in [9.17, 15) is 0 Å². The molecule has 1 aromatic heterocycles. The van der Waals surface area contributed by atoms with E-state index in [-0.39, 0.29) is 0 Å². The number of fused-ring (bicyclic) bond motifs is 1. The Balaban J connectivity index is 2.09. The lowest BCUT2D eigenvalue weighted by Crippen LogP contribution is -2.33. The molecule has 2 rings (SSSR count). The van der Waals surface area contributed by atoms with Crippen LogP contribution in [0.15, 0.2) is 36.4 Å². The molecule has 1 unspecified atom stereocenters. The highest BCUT2D eigenvalue weighted by molar-refractivity contribution is 7.99. The van der Waals surface area contributed by atoms with Gasteiger partial charge in [0.2, 0.25) is 0 Å². The highest BCUT2D eigenvalue weighted by atomic mass is 32.2. The van der Waals surface area contributed by atoms with Crippen LogP contribution in [0.3, 0.4) is 0 Å². The number of thioether (sulfide) groups is 1. The molecule has 0 saturated heterocycles. The van der Waals surface area contributed by atoms with Crippen LogP contribution in [-0.2, 0) is 6.42 Å². The molecule has 2 nitrogen and oxygen atoms in total. The average molecular weight is 274 g/mol. The van der Waals surface area contributed by atoms with E-state index in [1.54, 1.807) is 0 Å². The number of hydrogen-bond acceptors (Lipinski definition) is 3. The van der Waals surface area contributed by atoms with Gasteiger partial charge in [0.1, 0.15) is 0 Å². The summed E-state index contributed by atoms with van der Waals surface area (Å²) in [5, 5.41) is 4.77. The van der Waals surface area contributed by atoms with Crippen LogP contribution >= 0.6 is 11.8 Å². The van der Waals surface area contributed by atoms with Crippen molar-refractivity contribution in [1.82, 2.24) is 10.3 Å². The van der Waals surface area contributed by atoms with E-state index in [1.807, 2.05) is 17.8 Å². The van der Waals surface area contributed by atoms with E-state index in [1.165, 1.54) is 16.8 Å². The number of hydrogen-bond donors (Lipinski definition) is 1. The van der Waals surface area contributed by atoms with Gasteiger partial charge in [-0.05, 0) is 24.4 Å². The first kappa shape index (κ1) is 14.4. The van der Waals surface area contributed by atoms with Crippen molar-refractivity contribution in [2.45, 2.75) is 26.3 Å². The van der Waals surface area contributed by atoms with Gasteiger partial charge in [-0.1, -0.05) is 38.1 Å². The minimum absolute atomic E-state index is 0.517. The Labute approximate surface area is 120 Å².